The van der Waals surface area contributed by atoms with E-state index in [1.54, 1.807) is 0 Å². The van der Waals surface area contributed by atoms with E-state index in [9.17, 15) is 14.4 Å². The van der Waals surface area contributed by atoms with Crippen LogP contribution < -0.4 is 5.56 Å². The third-order valence-corrected chi connectivity index (χ3v) is 6.68. The van der Waals surface area contributed by atoms with E-state index >= 15 is 0 Å². The van der Waals surface area contributed by atoms with Crippen LogP contribution in [0.25, 0.3) is 5.65 Å². The fourth-order valence-corrected chi connectivity index (χ4v) is 4.83. The van der Waals surface area contributed by atoms with Gasteiger partial charge in [0.25, 0.3) is 5.56 Å². The topological polar surface area (TPSA) is 90.8 Å². The number of fused-ring (bicyclic) bond motifs is 1. The Morgan fingerprint density at radius 2 is 1.84 bits per heavy atom. The zero-order valence-electron chi connectivity index (χ0n) is 18.7. The highest BCUT2D eigenvalue weighted by Crippen LogP contribution is 2.27. The third kappa shape index (κ3) is 4.52. The molecule has 0 aromatic carbocycles. The number of aromatic amines is 1. The number of H-pyrrole nitrogens is 1. The summed E-state index contributed by atoms with van der Waals surface area (Å²) in [6.07, 6.45) is 6.39. The van der Waals surface area contributed by atoms with E-state index in [1.165, 1.54) is 10.9 Å². The van der Waals surface area contributed by atoms with Gasteiger partial charge in [0.2, 0.25) is 11.8 Å². The van der Waals surface area contributed by atoms with Crippen molar-refractivity contribution in [3.8, 4) is 0 Å². The van der Waals surface area contributed by atoms with Gasteiger partial charge in [-0.15, -0.1) is 0 Å². The SMILES string of the molecule is CCCC(=O)N1CC[C@H](c2cc3nc(C)c(CCC(=O)N4CCCCC4)c(=O)n3[nH]2)C1. The summed E-state index contributed by atoms with van der Waals surface area (Å²) in [6, 6.07) is 1.93. The highest BCUT2D eigenvalue weighted by Gasteiger charge is 2.28. The molecule has 0 radical (unpaired) electrons. The van der Waals surface area contributed by atoms with Crippen molar-refractivity contribution in [1.82, 2.24) is 24.4 Å². The standard InChI is InChI=1S/C23H33N5O3/c1-3-7-21(29)27-13-10-17(15-27)19-14-20-24-16(2)18(23(31)28(20)25-19)8-9-22(30)26-11-5-4-6-12-26/h14,17,25H,3-13,15H2,1-2H3/t17-/m0/s1. The smallest absolute Gasteiger partial charge is 0.276 e. The summed E-state index contributed by atoms with van der Waals surface area (Å²) in [5.74, 6) is 0.512. The number of likely N-dealkylation sites (tertiary alicyclic amines) is 2. The molecular formula is C23H33N5O3. The molecule has 2 aliphatic rings. The summed E-state index contributed by atoms with van der Waals surface area (Å²) in [6.45, 7) is 6.94. The first-order valence-electron chi connectivity index (χ1n) is 11.6. The summed E-state index contributed by atoms with van der Waals surface area (Å²) in [5, 5.41) is 3.22. The van der Waals surface area contributed by atoms with Gasteiger partial charge in [0.05, 0.1) is 0 Å². The van der Waals surface area contributed by atoms with E-state index < -0.39 is 0 Å². The number of nitrogens with zero attached hydrogens (tertiary/aromatic N) is 4. The second-order valence-electron chi connectivity index (χ2n) is 8.90. The summed E-state index contributed by atoms with van der Waals surface area (Å²) >= 11 is 0. The molecule has 2 fully saturated rings. The lowest BCUT2D eigenvalue weighted by molar-refractivity contribution is -0.132. The lowest BCUT2D eigenvalue weighted by atomic mass is 10.1. The Bertz CT molecular complexity index is 1020. The van der Waals surface area contributed by atoms with Gasteiger partial charge in [-0.1, -0.05) is 6.92 Å². The second kappa shape index (κ2) is 9.24. The molecule has 2 aromatic rings. The van der Waals surface area contributed by atoms with Crippen LogP contribution in [0.2, 0.25) is 0 Å². The molecule has 1 N–H and O–H groups in total. The van der Waals surface area contributed by atoms with Gasteiger partial charge in [-0.2, -0.15) is 0 Å². The molecule has 4 heterocycles. The Morgan fingerprint density at radius 3 is 2.58 bits per heavy atom. The fraction of sp³-hybridized carbons (Fsp3) is 0.652. The van der Waals surface area contributed by atoms with Crippen LogP contribution in [0.15, 0.2) is 10.9 Å². The third-order valence-electron chi connectivity index (χ3n) is 6.68. The first kappa shape index (κ1) is 21.6. The molecule has 0 saturated carbocycles. The van der Waals surface area contributed by atoms with Crippen molar-refractivity contribution in [3.63, 3.8) is 0 Å². The van der Waals surface area contributed by atoms with Crippen LogP contribution in [0.4, 0.5) is 0 Å². The van der Waals surface area contributed by atoms with E-state index in [4.69, 9.17) is 0 Å². The van der Waals surface area contributed by atoms with Crippen LogP contribution >= 0.6 is 0 Å². The zero-order valence-corrected chi connectivity index (χ0v) is 18.7. The lowest BCUT2D eigenvalue weighted by Gasteiger charge is -2.26. The van der Waals surface area contributed by atoms with E-state index in [1.807, 2.05) is 29.7 Å². The minimum Gasteiger partial charge on any atom is -0.343 e. The van der Waals surface area contributed by atoms with E-state index in [2.05, 4.69) is 10.1 Å². The summed E-state index contributed by atoms with van der Waals surface area (Å²) < 4.78 is 1.50. The minimum absolute atomic E-state index is 0.124. The Morgan fingerprint density at radius 1 is 1.10 bits per heavy atom. The largest absolute Gasteiger partial charge is 0.343 e. The van der Waals surface area contributed by atoms with E-state index in [0.717, 1.165) is 51.0 Å². The van der Waals surface area contributed by atoms with Gasteiger partial charge in [0, 0.05) is 68.0 Å². The average Bonchev–Trinajstić information content (AvgIpc) is 3.41. The number of hydrogen-bond donors (Lipinski definition) is 1. The van der Waals surface area contributed by atoms with Crippen molar-refractivity contribution in [2.45, 2.75) is 71.1 Å². The lowest BCUT2D eigenvalue weighted by Crippen LogP contribution is -2.36. The number of piperidine rings is 1. The normalized spacial score (nSPS) is 19.4. The highest BCUT2D eigenvalue weighted by atomic mass is 16.2. The first-order valence-corrected chi connectivity index (χ1v) is 11.6. The second-order valence-corrected chi connectivity index (χ2v) is 8.90. The van der Waals surface area contributed by atoms with Crippen LogP contribution in [0, 0.1) is 6.92 Å². The maximum atomic E-state index is 13.1. The number of rotatable bonds is 6. The van der Waals surface area contributed by atoms with Crippen molar-refractivity contribution in [2.24, 2.45) is 0 Å². The molecule has 2 aliphatic heterocycles. The van der Waals surface area contributed by atoms with Crippen molar-refractivity contribution in [1.29, 1.82) is 0 Å². The van der Waals surface area contributed by atoms with Crippen LogP contribution in [0.3, 0.4) is 0 Å². The molecule has 2 saturated heterocycles. The summed E-state index contributed by atoms with van der Waals surface area (Å²) in [5.41, 5.74) is 2.70. The molecule has 0 spiro atoms. The van der Waals surface area contributed by atoms with Crippen LogP contribution in [0.5, 0.6) is 0 Å². The number of nitrogens with one attached hydrogen (secondary N) is 1. The van der Waals surface area contributed by atoms with Crippen molar-refractivity contribution in [2.75, 3.05) is 26.2 Å². The molecular weight excluding hydrogens is 394 g/mol. The molecule has 8 nitrogen and oxygen atoms in total. The molecule has 2 amide bonds. The number of carbonyl (C=O) groups is 2. The minimum atomic E-state index is -0.128. The summed E-state index contributed by atoms with van der Waals surface area (Å²) in [4.78, 5) is 46.3. The predicted molar refractivity (Wildman–Crippen MR) is 118 cm³/mol. The first-order chi connectivity index (χ1) is 15.0. The number of hydrogen-bond acceptors (Lipinski definition) is 4. The maximum absolute atomic E-state index is 13.1. The summed E-state index contributed by atoms with van der Waals surface area (Å²) in [7, 11) is 0. The van der Waals surface area contributed by atoms with Crippen molar-refractivity contribution >= 4 is 17.5 Å². The van der Waals surface area contributed by atoms with Gasteiger partial charge in [-0.3, -0.25) is 19.5 Å². The molecule has 4 rings (SSSR count). The van der Waals surface area contributed by atoms with Gasteiger partial charge >= 0.3 is 0 Å². The molecule has 168 valence electrons. The van der Waals surface area contributed by atoms with E-state index in [-0.39, 0.29) is 23.3 Å². The molecule has 31 heavy (non-hydrogen) atoms. The van der Waals surface area contributed by atoms with Crippen LogP contribution in [-0.4, -0.2) is 62.4 Å². The number of amides is 2. The molecule has 2 aromatic heterocycles. The molecule has 0 bridgehead atoms. The van der Waals surface area contributed by atoms with Gasteiger partial charge < -0.3 is 9.80 Å². The molecule has 8 heteroatoms. The fourth-order valence-electron chi connectivity index (χ4n) is 4.83. The van der Waals surface area contributed by atoms with Crippen molar-refractivity contribution < 1.29 is 9.59 Å². The van der Waals surface area contributed by atoms with Gasteiger partial charge in [-0.05, 0) is 45.4 Å². The monoisotopic (exact) mass is 427 g/mol. The number of aromatic nitrogens is 3. The number of carbonyl (C=O) groups excluding carboxylic acids is 2. The van der Waals surface area contributed by atoms with Crippen molar-refractivity contribution in [3.05, 3.63) is 33.4 Å². The maximum Gasteiger partial charge on any atom is 0.276 e. The van der Waals surface area contributed by atoms with Crippen LogP contribution in [0.1, 0.15) is 74.7 Å². The Balaban J connectivity index is 1.49. The van der Waals surface area contributed by atoms with Gasteiger partial charge in [-0.25, -0.2) is 9.50 Å². The quantitative estimate of drug-likeness (QED) is 0.766. The Kier molecular flexibility index (Phi) is 6.43. The van der Waals surface area contributed by atoms with E-state index in [0.29, 0.717) is 42.7 Å². The van der Waals surface area contributed by atoms with Crippen LogP contribution in [-0.2, 0) is 16.0 Å². The Hall–Kier alpha value is -2.64. The number of aryl methyl sites for hydroxylation is 1. The predicted octanol–water partition coefficient (Wildman–Crippen LogP) is 2.39. The van der Waals surface area contributed by atoms with Gasteiger partial charge in [0.15, 0.2) is 5.65 Å². The highest BCUT2D eigenvalue weighted by molar-refractivity contribution is 5.77. The molecule has 0 aliphatic carbocycles. The molecule has 0 unspecified atom stereocenters. The molecule has 1 atom stereocenters. The van der Waals surface area contributed by atoms with Gasteiger partial charge in [0.1, 0.15) is 0 Å². The zero-order chi connectivity index (χ0) is 22.0. The Labute approximate surface area is 182 Å². The average molecular weight is 428 g/mol.